The monoisotopic (exact) mass is 324 g/mol. The predicted molar refractivity (Wildman–Crippen MR) is 93.5 cm³/mol. The first kappa shape index (κ1) is 15.5. The molecule has 2 aromatic rings. The summed E-state index contributed by atoms with van der Waals surface area (Å²) in [5.74, 6) is 1.95. The van der Waals surface area contributed by atoms with Gasteiger partial charge in [0.25, 0.3) is 0 Å². The van der Waals surface area contributed by atoms with Gasteiger partial charge in [0.2, 0.25) is 0 Å². The SMILES string of the molecule is C[C@H](c1ccc2c(c1)OCC2)N1CCC(Oc2cccnc2)CC1. The fourth-order valence-corrected chi connectivity index (χ4v) is 3.64. The summed E-state index contributed by atoms with van der Waals surface area (Å²) in [6.45, 7) is 5.23. The highest BCUT2D eigenvalue weighted by Crippen LogP contribution is 2.32. The lowest BCUT2D eigenvalue weighted by Gasteiger charge is -2.36. The van der Waals surface area contributed by atoms with Crippen molar-refractivity contribution in [3.8, 4) is 11.5 Å². The van der Waals surface area contributed by atoms with Crippen molar-refractivity contribution < 1.29 is 9.47 Å². The first-order valence-corrected chi connectivity index (χ1v) is 8.86. The van der Waals surface area contributed by atoms with Crippen LogP contribution in [-0.4, -0.2) is 35.7 Å². The summed E-state index contributed by atoms with van der Waals surface area (Å²) in [4.78, 5) is 6.66. The second-order valence-corrected chi connectivity index (χ2v) is 6.68. The third kappa shape index (κ3) is 3.24. The lowest BCUT2D eigenvalue weighted by atomic mass is 10.00. The Balaban J connectivity index is 1.35. The number of nitrogens with zero attached hydrogens (tertiary/aromatic N) is 2. The van der Waals surface area contributed by atoms with E-state index in [1.807, 2.05) is 12.1 Å². The lowest BCUT2D eigenvalue weighted by molar-refractivity contribution is 0.0794. The average Bonchev–Trinajstić information content (AvgIpc) is 3.10. The zero-order valence-corrected chi connectivity index (χ0v) is 14.1. The minimum absolute atomic E-state index is 0.293. The van der Waals surface area contributed by atoms with E-state index in [1.54, 1.807) is 12.4 Å². The van der Waals surface area contributed by atoms with Crippen molar-refractivity contribution in [1.82, 2.24) is 9.88 Å². The number of rotatable bonds is 4. The zero-order valence-electron chi connectivity index (χ0n) is 14.1. The highest BCUT2D eigenvalue weighted by atomic mass is 16.5. The standard InChI is InChI=1S/C20H24N2O2/c1-15(17-5-4-16-8-12-23-20(16)13-17)22-10-6-18(7-11-22)24-19-3-2-9-21-14-19/h2-5,9,13-15,18H,6-8,10-12H2,1H3/t15-/m1/s1. The molecule has 1 atom stereocenters. The molecule has 4 rings (SSSR count). The molecular weight excluding hydrogens is 300 g/mol. The normalized spacial score (nSPS) is 19.5. The van der Waals surface area contributed by atoms with Crippen molar-refractivity contribution in [3.63, 3.8) is 0 Å². The third-order valence-electron chi connectivity index (χ3n) is 5.16. The summed E-state index contributed by atoms with van der Waals surface area (Å²) in [6.07, 6.45) is 7.01. The van der Waals surface area contributed by atoms with Crippen molar-refractivity contribution >= 4 is 0 Å². The van der Waals surface area contributed by atoms with Gasteiger partial charge in [0.15, 0.2) is 0 Å². The molecule has 1 aromatic heterocycles. The van der Waals surface area contributed by atoms with E-state index >= 15 is 0 Å². The van der Waals surface area contributed by atoms with Gasteiger partial charge in [0.1, 0.15) is 17.6 Å². The minimum atomic E-state index is 0.293. The highest BCUT2D eigenvalue weighted by molar-refractivity contribution is 5.41. The van der Waals surface area contributed by atoms with E-state index < -0.39 is 0 Å². The molecule has 24 heavy (non-hydrogen) atoms. The smallest absolute Gasteiger partial charge is 0.137 e. The van der Waals surface area contributed by atoms with Crippen LogP contribution in [0.2, 0.25) is 0 Å². The second-order valence-electron chi connectivity index (χ2n) is 6.68. The Bertz CT molecular complexity index is 681. The summed E-state index contributed by atoms with van der Waals surface area (Å²) in [5, 5.41) is 0. The number of piperidine rings is 1. The van der Waals surface area contributed by atoms with Crippen LogP contribution in [0.4, 0.5) is 0 Å². The molecule has 0 bridgehead atoms. The molecule has 2 aliphatic rings. The van der Waals surface area contributed by atoms with Crippen LogP contribution in [0.5, 0.6) is 11.5 Å². The van der Waals surface area contributed by atoms with Crippen molar-refractivity contribution in [2.45, 2.75) is 38.3 Å². The maximum atomic E-state index is 6.04. The lowest BCUT2D eigenvalue weighted by Crippen LogP contribution is -2.39. The number of ether oxygens (including phenoxy) is 2. The van der Waals surface area contributed by atoms with Gasteiger partial charge in [-0.25, -0.2) is 0 Å². The highest BCUT2D eigenvalue weighted by Gasteiger charge is 2.25. The molecule has 3 heterocycles. The van der Waals surface area contributed by atoms with Gasteiger partial charge in [-0.2, -0.15) is 0 Å². The van der Waals surface area contributed by atoms with Gasteiger partial charge in [0.05, 0.1) is 12.8 Å². The number of pyridine rings is 1. The fraction of sp³-hybridized carbons (Fsp3) is 0.450. The quantitative estimate of drug-likeness (QED) is 0.860. The Labute approximate surface area is 143 Å². The van der Waals surface area contributed by atoms with Crippen molar-refractivity contribution in [1.29, 1.82) is 0 Å². The molecule has 0 spiro atoms. The predicted octanol–water partition coefficient (Wildman–Crippen LogP) is 3.62. The largest absolute Gasteiger partial charge is 0.493 e. The van der Waals surface area contributed by atoms with Crippen LogP contribution in [0.25, 0.3) is 0 Å². The Hall–Kier alpha value is -2.07. The van der Waals surface area contributed by atoms with Gasteiger partial charge in [-0.1, -0.05) is 12.1 Å². The Kier molecular flexibility index (Phi) is 4.39. The van der Waals surface area contributed by atoms with E-state index in [4.69, 9.17) is 9.47 Å². The molecule has 0 radical (unpaired) electrons. The van der Waals surface area contributed by atoms with Crippen LogP contribution < -0.4 is 9.47 Å². The summed E-state index contributed by atoms with van der Waals surface area (Å²) in [5.41, 5.74) is 2.69. The molecule has 4 heteroatoms. The summed E-state index contributed by atoms with van der Waals surface area (Å²) in [7, 11) is 0. The summed E-state index contributed by atoms with van der Waals surface area (Å²) in [6, 6.07) is 11.0. The number of hydrogen-bond donors (Lipinski definition) is 0. The number of fused-ring (bicyclic) bond motifs is 1. The second kappa shape index (κ2) is 6.81. The van der Waals surface area contributed by atoms with Crippen molar-refractivity contribution in [2.75, 3.05) is 19.7 Å². The Morgan fingerprint density at radius 1 is 1.25 bits per heavy atom. The van der Waals surface area contributed by atoms with Crippen LogP contribution in [0.15, 0.2) is 42.7 Å². The first-order chi connectivity index (χ1) is 11.8. The van der Waals surface area contributed by atoms with E-state index in [1.165, 1.54) is 11.1 Å². The topological polar surface area (TPSA) is 34.6 Å². The zero-order chi connectivity index (χ0) is 16.4. The van der Waals surface area contributed by atoms with Gasteiger partial charge >= 0.3 is 0 Å². The maximum Gasteiger partial charge on any atom is 0.137 e. The van der Waals surface area contributed by atoms with Gasteiger partial charge in [-0.15, -0.1) is 0 Å². The number of likely N-dealkylation sites (tertiary alicyclic amines) is 1. The maximum absolute atomic E-state index is 6.04. The third-order valence-corrected chi connectivity index (χ3v) is 5.16. The molecule has 1 aromatic carbocycles. The van der Waals surface area contributed by atoms with Crippen LogP contribution >= 0.6 is 0 Å². The van der Waals surface area contributed by atoms with Gasteiger partial charge in [-0.3, -0.25) is 9.88 Å². The Morgan fingerprint density at radius 3 is 2.92 bits per heavy atom. The summed E-state index contributed by atoms with van der Waals surface area (Å²) < 4.78 is 11.8. The van der Waals surface area contributed by atoms with Gasteiger partial charge in [-0.05, 0) is 49.1 Å². The molecule has 4 nitrogen and oxygen atoms in total. The van der Waals surface area contributed by atoms with E-state index in [2.05, 4.69) is 35.0 Å². The van der Waals surface area contributed by atoms with Crippen LogP contribution in [0.1, 0.15) is 36.9 Å². The molecule has 0 saturated carbocycles. The van der Waals surface area contributed by atoms with E-state index in [0.29, 0.717) is 12.1 Å². The Morgan fingerprint density at radius 2 is 2.12 bits per heavy atom. The number of aromatic nitrogens is 1. The minimum Gasteiger partial charge on any atom is -0.493 e. The van der Waals surface area contributed by atoms with Crippen molar-refractivity contribution in [2.24, 2.45) is 0 Å². The van der Waals surface area contributed by atoms with Gasteiger partial charge < -0.3 is 9.47 Å². The van der Waals surface area contributed by atoms with Crippen molar-refractivity contribution in [3.05, 3.63) is 53.9 Å². The molecule has 126 valence electrons. The first-order valence-electron chi connectivity index (χ1n) is 8.86. The number of hydrogen-bond acceptors (Lipinski definition) is 4. The number of benzene rings is 1. The molecule has 0 N–H and O–H groups in total. The van der Waals surface area contributed by atoms with E-state index in [0.717, 1.165) is 50.5 Å². The van der Waals surface area contributed by atoms with E-state index in [9.17, 15) is 0 Å². The average molecular weight is 324 g/mol. The molecule has 0 amide bonds. The molecule has 1 saturated heterocycles. The van der Waals surface area contributed by atoms with Crippen LogP contribution in [0.3, 0.4) is 0 Å². The fourth-order valence-electron chi connectivity index (χ4n) is 3.64. The van der Waals surface area contributed by atoms with Crippen LogP contribution in [-0.2, 0) is 6.42 Å². The summed E-state index contributed by atoms with van der Waals surface area (Å²) >= 11 is 0. The molecule has 2 aliphatic heterocycles. The molecule has 0 aliphatic carbocycles. The molecule has 1 fully saturated rings. The van der Waals surface area contributed by atoms with Crippen LogP contribution in [0, 0.1) is 0 Å². The molecule has 0 unspecified atom stereocenters. The van der Waals surface area contributed by atoms with E-state index in [-0.39, 0.29) is 0 Å². The molecular formula is C20H24N2O2. The van der Waals surface area contributed by atoms with Gasteiger partial charge in [0, 0.05) is 31.7 Å².